The zero-order valence-corrected chi connectivity index (χ0v) is 19.5. The van der Waals surface area contributed by atoms with Crippen molar-refractivity contribution in [1.29, 1.82) is 0 Å². The van der Waals surface area contributed by atoms with E-state index in [1.165, 1.54) is 0 Å². The highest BCUT2D eigenvalue weighted by atomic mass is 35.5. The standard InChI is InChI=1S/C25H35ClO4/c1-15(27)20-5-6-21-19-9-16(13-30-14-29-4)23-11-18(28)10-17(12-26)25(23,3)22(19)7-8-24(20,21)2/h11,13,17,19-22H,5-10,12,14H2,1-4H3/t17?,19-,20+,21-,22-,24+,25+/m0/s1. The van der Waals surface area contributed by atoms with E-state index in [4.69, 9.17) is 21.1 Å². The van der Waals surface area contributed by atoms with Crippen molar-refractivity contribution in [3.05, 3.63) is 23.5 Å². The molecule has 0 aromatic rings. The van der Waals surface area contributed by atoms with Gasteiger partial charge in [0.05, 0.1) is 6.26 Å². The second-order valence-electron chi connectivity index (χ2n) is 10.4. The van der Waals surface area contributed by atoms with Gasteiger partial charge in [-0.1, -0.05) is 13.8 Å². The Labute approximate surface area is 185 Å². The largest absolute Gasteiger partial charge is 0.475 e. The van der Waals surface area contributed by atoms with Crippen molar-refractivity contribution in [1.82, 2.24) is 0 Å². The predicted octanol–water partition coefficient (Wildman–Crippen LogP) is 5.30. The number of carbonyl (C=O) groups is 2. The number of halogens is 1. The van der Waals surface area contributed by atoms with Crippen LogP contribution in [0.3, 0.4) is 0 Å². The summed E-state index contributed by atoms with van der Waals surface area (Å²) in [6, 6.07) is 0. The molecule has 0 N–H and O–H groups in total. The molecule has 1 unspecified atom stereocenters. The molecule has 4 rings (SSSR count). The Hall–Kier alpha value is -1.13. The highest BCUT2D eigenvalue weighted by Gasteiger charge is 2.62. The first-order chi connectivity index (χ1) is 14.3. The number of fused-ring (bicyclic) bond motifs is 5. The lowest BCUT2D eigenvalue weighted by Gasteiger charge is -2.60. The second kappa shape index (κ2) is 8.09. The molecule has 166 valence electrons. The lowest BCUT2D eigenvalue weighted by Crippen LogP contribution is -2.54. The number of hydrogen-bond acceptors (Lipinski definition) is 4. The molecule has 30 heavy (non-hydrogen) atoms. The minimum Gasteiger partial charge on any atom is -0.475 e. The van der Waals surface area contributed by atoms with Crippen LogP contribution in [0.15, 0.2) is 23.5 Å². The van der Waals surface area contributed by atoms with E-state index in [9.17, 15) is 9.59 Å². The van der Waals surface area contributed by atoms with Crippen LogP contribution >= 0.6 is 11.6 Å². The van der Waals surface area contributed by atoms with E-state index < -0.39 is 0 Å². The zero-order chi connectivity index (χ0) is 21.7. The van der Waals surface area contributed by atoms with Crippen LogP contribution in [0.5, 0.6) is 0 Å². The molecule has 0 heterocycles. The third-order valence-electron chi connectivity index (χ3n) is 9.28. The topological polar surface area (TPSA) is 52.6 Å². The van der Waals surface area contributed by atoms with Gasteiger partial charge in [-0.05, 0) is 85.3 Å². The number of allylic oxidation sites excluding steroid dienone is 2. The molecule has 3 fully saturated rings. The quantitative estimate of drug-likeness (QED) is 0.255. The first-order valence-corrected chi connectivity index (χ1v) is 11.9. The number of hydrogen-bond donors (Lipinski definition) is 0. The molecular weight excluding hydrogens is 400 g/mol. The molecule has 3 saturated carbocycles. The minimum absolute atomic E-state index is 0.0873. The molecule has 7 atom stereocenters. The summed E-state index contributed by atoms with van der Waals surface area (Å²) in [7, 11) is 1.61. The fourth-order valence-electron chi connectivity index (χ4n) is 7.87. The van der Waals surface area contributed by atoms with E-state index in [2.05, 4.69) is 13.8 Å². The molecule has 0 amide bonds. The van der Waals surface area contributed by atoms with Gasteiger partial charge in [0.1, 0.15) is 5.78 Å². The number of ether oxygens (including phenoxy) is 2. The van der Waals surface area contributed by atoms with Gasteiger partial charge in [0, 0.05) is 30.7 Å². The van der Waals surface area contributed by atoms with Crippen LogP contribution in [0.2, 0.25) is 0 Å². The van der Waals surface area contributed by atoms with Crippen LogP contribution in [0.1, 0.15) is 59.3 Å². The lowest BCUT2D eigenvalue weighted by molar-refractivity contribution is -0.129. The van der Waals surface area contributed by atoms with Gasteiger partial charge >= 0.3 is 0 Å². The molecule has 0 aromatic carbocycles. The third-order valence-corrected chi connectivity index (χ3v) is 9.65. The summed E-state index contributed by atoms with van der Waals surface area (Å²) in [5.74, 6) is 2.84. The van der Waals surface area contributed by atoms with Crippen molar-refractivity contribution in [2.24, 2.45) is 40.4 Å². The SMILES string of the molecule is COCOC=C1C[C@H]2[C@@H]3CC[C@H](C(C)=O)[C@@]3(C)CC[C@@H]2[C@]2(C)C1=CC(=O)CC2CCl. The third kappa shape index (κ3) is 3.21. The van der Waals surface area contributed by atoms with Gasteiger partial charge < -0.3 is 9.47 Å². The summed E-state index contributed by atoms with van der Waals surface area (Å²) in [5, 5.41) is 0. The Morgan fingerprint density at radius 1 is 1.23 bits per heavy atom. The highest BCUT2D eigenvalue weighted by Crippen LogP contribution is 2.68. The number of rotatable bonds is 5. The smallest absolute Gasteiger partial charge is 0.187 e. The van der Waals surface area contributed by atoms with Gasteiger partial charge in [0.2, 0.25) is 0 Å². The van der Waals surface area contributed by atoms with Crippen molar-refractivity contribution < 1.29 is 19.1 Å². The molecule has 0 radical (unpaired) electrons. The Morgan fingerprint density at radius 3 is 2.67 bits per heavy atom. The van der Waals surface area contributed by atoms with E-state index in [1.807, 2.05) is 12.3 Å². The molecule has 4 nitrogen and oxygen atoms in total. The number of carbonyl (C=O) groups excluding carboxylic acids is 2. The maximum atomic E-state index is 12.6. The van der Waals surface area contributed by atoms with Crippen LogP contribution in [-0.2, 0) is 19.1 Å². The lowest BCUT2D eigenvalue weighted by atomic mass is 9.44. The van der Waals surface area contributed by atoms with Gasteiger partial charge in [-0.25, -0.2) is 0 Å². The van der Waals surface area contributed by atoms with Crippen molar-refractivity contribution in [3.63, 3.8) is 0 Å². The molecule has 0 saturated heterocycles. The normalized spacial score (nSPS) is 44.2. The monoisotopic (exact) mass is 434 g/mol. The molecular formula is C25H35ClO4. The van der Waals surface area contributed by atoms with Crippen LogP contribution in [-0.4, -0.2) is 31.3 Å². The van der Waals surface area contributed by atoms with Gasteiger partial charge in [0.15, 0.2) is 12.6 Å². The predicted molar refractivity (Wildman–Crippen MR) is 117 cm³/mol. The van der Waals surface area contributed by atoms with Crippen molar-refractivity contribution in [3.8, 4) is 0 Å². The summed E-state index contributed by atoms with van der Waals surface area (Å²) in [6.07, 6.45) is 9.43. The first-order valence-electron chi connectivity index (χ1n) is 11.4. The Morgan fingerprint density at radius 2 is 2.00 bits per heavy atom. The molecule has 0 bridgehead atoms. The fraction of sp³-hybridized carbons (Fsp3) is 0.760. The van der Waals surface area contributed by atoms with Gasteiger partial charge in [0.25, 0.3) is 0 Å². The maximum absolute atomic E-state index is 12.6. The summed E-state index contributed by atoms with van der Waals surface area (Å²) < 4.78 is 10.8. The van der Waals surface area contributed by atoms with Gasteiger partial charge in [-0.15, -0.1) is 11.6 Å². The number of alkyl halides is 1. The minimum atomic E-state index is -0.128. The summed E-state index contributed by atoms with van der Waals surface area (Å²) in [6.45, 7) is 6.66. The summed E-state index contributed by atoms with van der Waals surface area (Å²) in [5.41, 5.74) is 2.21. The Bertz CT molecular complexity index is 786. The van der Waals surface area contributed by atoms with Crippen molar-refractivity contribution >= 4 is 23.2 Å². The average Bonchev–Trinajstić information content (AvgIpc) is 3.06. The average molecular weight is 435 g/mol. The Balaban J connectivity index is 1.77. The molecule has 0 aromatic heterocycles. The van der Waals surface area contributed by atoms with Crippen LogP contribution in [0.25, 0.3) is 0 Å². The van der Waals surface area contributed by atoms with E-state index in [0.29, 0.717) is 35.8 Å². The van der Waals surface area contributed by atoms with E-state index in [1.54, 1.807) is 14.0 Å². The van der Waals surface area contributed by atoms with Crippen molar-refractivity contribution in [2.75, 3.05) is 19.8 Å². The highest BCUT2D eigenvalue weighted by molar-refractivity contribution is 6.18. The van der Waals surface area contributed by atoms with Gasteiger partial charge in [-0.2, -0.15) is 0 Å². The summed E-state index contributed by atoms with van der Waals surface area (Å²) in [4.78, 5) is 25.0. The molecule has 0 spiro atoms. The second-order valence-corrected chi connectivity index (χ2v) is 10.8. The molecule has 4 aliphatic carbocycles. The first kappa shape index (κ1) is 22.1. The molecule has 4 aliphatic rings. The van der Waals surface area contributed by atoms with Crippen LogP contribution in [0.4, 0.5) is 0 Å². The molecule has 5 heteroatoms. The number of ketones is 2. The number of Topliss-reactive ketones (excluding diaryl/α,β-unsaturated/α-hetero) is 1. The van der Waals surface area contributed by atoms with Gasteiger partial charge in [-0.3, -0.25) is 9.59 Å². The number of methoxy groups -OCH3 is 1. The van der Waals surface area contributed by atoms with Crippen LogP contribution in [0, 0.1) is 40.4 Å². The fourth-order valence-corrected chi connectivity index (χ4v) is 8.30. The van der Waals surface area contributed by atoms with Crippen LogP contribution < -0.4 is 0 Å². The Kier molecular flexibility index (Phi) is 5.95. The zero-order valence-electron chi connectivity index (χ0n) is 18.7. The van der Waals surface area contributed by atoms with E-state index in [-0.39, 0.29) is 35.2 Å². The maximum Gasteiger partial charge on any atom is 0.187 e. The van der Waals surface area contributed by atoms with E-state index >= 15 is 0 Å². The van der Waals surface area contributed by atoms with Crippen molar-refractivity contribution in [2.45, 2.75) is 59.3 Å². The van der Waals surface area contributed by atoms with E-state index in [0.717, 1.165) is 43.3 Å². The summed E-state index contributed by atoms with van der Waals surface area (Å²) >= 11 is 6.47. The molecule has 0 aliphatic heterocycles.